The first kappa shape index (κ1) is 21.6. The lowest BCUT2D eigenvalue weighted by Gasteiger charge is -2.28. The minimum Gasteiger partial charge on any atom is -0.334 e. The number of carbonyl (C=O) groups is 1. The van der Waals surface area contributed by atoms with Gasteiger partial charge in [0.15, 0.2) is 15.0 Å². The van der Waals surface area contributed by atoms with E-state index in [2.05, 4.69) is 10.2 Å². The van der Waals surface area contributed by atoms with Crippen molar-refractivity contribution < 1.29 is 13.2 Å². The zero-order valence-corrected chi connectivity index (χ0v) is 18.8. The van der Waals surface area contributed by atoms with Gasteiger partial charge in [-0.3, -0.25) is 9.36 Å². The first-order valence-corrected chi connectivity index (χ1v) is 12.9. The van der Waals surface area contributed by atoms with E-state index in [4.69, 9.17) is 0 Å². The third-order valence-corrected chi connectivity index (χ3v) is 8.06. The Morgan fingerprint density at radius 1 is 1.16 bits per heavy atom. The fraction of sp³-hybridized carbons (Fsp3) is 0.318. The van der Waals surface area contributed by atoms with Crippen LogP contribution >= 0.6 is 11.8 Å². The Morgan fingerprint density at radius 3 is 2.61 bits per heavy atom. The largest absolute Gasteiger partial charge is 0.334 e. The Hall–Kier alpha value is -2.65. The van der Waals surface area contributed by atoms with Crippen LogP contribution in [0.1, 0.15) is 17.5 Å². The Bertz CT molecular complexity index is 1160. The molecule has 0 radical (unpaired) electrons. The normalized spacial score (nSPS) is 17.5. The number of para-hydroxylation sites is 1. The van der Waals surface area contributed by atoms with E-state index < -0.39 is 9.84 Å². The molecule has 1 saturated heterocycles. The minimum atomic E-state index is -3.10. The van der Waals surface area contributed by atoms with Crippen LogP contribution in [0, 0.1) is 6.92 Å². The Labute approximate surface area is 186 Å². The van der Waals surface area contributed by atoms with Gasteiger partial charge in [-0.15, -0.1) is 10.2 Å². The molecule has 3 aromatic rings. The van der Waals surface area contributed by atoms with E-state index >= 15 is 0 Å². The molecule has 0 aliphatic carbocycles. The quantitative estimate of drug-likeness (QED) is 0.508. The minimum absolute atomic E-state index is 0.0234. The lowest BCUT2D eigenvalue weighted by molar-refractivity contribution is -0.130. The molecule has 1 aliphatic heterocycles. The molecule has 1 amide bonds. The van der Waals surface area contributed by atoms with E-state index in [1.165, 1.54) is 11.8 Å². The van der Waals surface area contributed by atoms with Crippen molar-refractivity contribution in [2.24, 2.45) is 0 Å². The number of aryl methyl sites for hydroxylation is 1. The van der Waals surface area contributed by atoms with Crippen LogP contribution in [-0.2, 0) is 21.2 Å². The molecule has 1 fully saturated rings. The van der Waals surface area contributed by atoms with Crippen molar-refractivity contribution in [1.29, 1.82) is 0 Å². The first-order valence-electron chi connectivity index (χ1n) is 10.1. The highest BCUT2D eigenvalue weighted by Gasteiger charge is 2.34. The lowest BCUT2D eigenvalue weighted by Crippen LogP contribution is -2.41. The zero-order valence-electron chi connectivity index (χ0n) is 17.2. The van der Waals surface area contributed by atoms with Crippen molar-refractivity contribution in [3.63, 3.8) is 0 Å². The van der Waals surface area contributed by atoms with Gasteiger partial charge in [0.1, 0.15) is 6.33 Å². The molecule has 0 bridgehead atoms. The Kier molecular flexibility index (Phi) is 6.43. The van der Waals surface area contributed by atoms with Gasteiger partial charge in [-0.05, 0) is 30.5 Å². The molecule has 9 heteroatoms. The number of amides is 1. The molecule has 2 aromatic carbocycles. The number of aromatic nitrogens is 3. The van der Waals surface area contributed by atoms with Gasteiger partial charge in [-0.2, -0.15) is 0 Å². The lowest BCUT2D eigenvalue weighted by atomic mass is 10.1. The molecular formula is C22H24N4O3S2. The van der Waals surface area contributed by atoms with Crippen LogP contribution in [0.5, 0.6) is 0 Å². The maximum atomic E-state index is 13.2. The summed E-state index contributed by atoms with van der Waals surface area (Å²) in [5, 5.41) is 8.82. The molecule has 4 rings (SSSR count). The second-order valence-electron chi connectivity index (χ2n) is 7.62. The molecule has 1 aliphatic rings. The SMILES string of the molecule is Cc1ccccc1-n1cnnc1SCC(=O)N(Cc1ccccc1)C1CCS(=O)(=O)C1. The van der Waals surface area contributed by atoms with Crippen molar-refractivity contribution >= 4 is 27.5 Å². The van der Waals surface area contributed by atoms with Crippen LogP contribution in [0.4, 0.5) is 0 Å². The second kappa shape index (κ2) is 9.23. The smallest absolute Gasteiger partial charge is 0.233 e. The van der Waals surface area contributed by atoms with Gasteiger partial charge in [0.25, 0.3) is 0 Å². The monoisotopic (exact) mass is 456 g/mol. The third-order valence-electron chi connectivity index (χ3n) is 5.38. The molecule has 1 aromatic heterocycles. The topological polar surface area (TPSA) is 85.2 Å². The highest BCUT2D eigenvalue weighted by Crippen LogP contribution is 2.25. The summed E-state index contributed by atoms with van der Waals surface area (Å²) in [7, 11) is -3.10. The Morgan fingerprint density at radius 2 is 1.90 bits per heavy atom. The second-order valence-corrected chi connectivity index (χ2v) is 10.8. The summed E-state index contributed by atoms with van der Waals surface area (Å²) in [6, 6.07) is 17.3. The van der Waals surface area contributed by atoms with Crippen LogP contribution in [0.15, 0.2) is 66.1 Å². The molecule has 7 nitrogen and oxygen atoms in total. The van der Waals surface area contributed by atoms with Crippen molar-refractivity contribution in [2.75, 3.05) is 17.3 Å². The zero-order chi connectivity index (χ0) is 21.8. The molecular weight excluding hydrogens is 432 g/mol. The predicted molar refractivity (Wildman–Crippen MR) is 121 cm³/mol. The molecule has 0 spiro atoms. The van der Waals surface area contributed by atoms with Crippen LogP contribution in [-0.4, -0.2) is 57.3 Å². The number of rotatable bonds is 7. The molecule has 0 saturated carbocycles. The van der Waals surface area contributed by atoms with Crippen molar-refractivity contribution in [3.8, 4) is 5.69 Å². The van der Waals surface area contributed by atoms with Crippen LogP contribution in [0.25, 0.3) is 5.69 Å². The average Bonchev–Trinajstić information content (AvgIpc) is 3.37. The van der Waals surface area contributed by atoms with Crippen molar-refractivity contribution in [3.05, 3.63) is 72.1 Å². The highest BCUT2D eigenvalue weighted by molar-refractivity contribution is 7.99. The number of sulfone groups is 1. The Balaban J connectivity index is 1.51. The summed E-state index contributed by atoms with van der Waals surface area (Å²) in [6.07, 6.45) is 2.12. The number of hydrogen-bond acceptors (Lipinski definition) is 6. The van der Waals surface area contributed by atoms with Gasteiger partial charge >= 0.3 is 0 Å². The maximum absolute atomic E-state index is 13.2. The van der Waals surface area contributed by atoms with Crippen LogP contribution in [0.2, 0.25) is 0 Å². The molecule has 0 N–H and O–H groups in total. The van der Waals surface area contributed by atoms with Crippen molar-refractivity contribution in [1.82, 2.24) is 19.7 Å². The van der Waals surface area contributed by atoms with E-state index in [9.17, 15) is 13.2 Å². The third kappa shape index (κ3) is 5.16. The summed E-state index contributed by atoms with van der Waals surface area (Å²) in [6.45, 7) is 2.40. The van der Waals surface area contributed by atoms with Gasteiger partial charge in [-0.25, -0.2) is 8.42 Å². The average molecular weight is 457 g/mol. The number of thioether (sulfide) groups is 1. The van der Waals surface area contributed by atoms with Gasteiger partial charge in [0.05, 0.1) is 22.9 Å². The standard InChI is InChI=1S/C22H24N4O3S2/c1-17-7-5-6-10-20(17)26-16-23-24-22(26)30-14-21(27)25(13-18-8-3-2-4-9-18)19-11-12-31(28,29)15-19/h2-10,16,19H,11-15H2,1H3. The number of hydrogen-bond donors (Lipinski definition) is 0. The van der Waals surface area contributed by atoms with E-state index in [-0.39, 0.29) is 29.2 Å². The summed E-state index contributed by atoms with van der Waals surface area (Å²) in [5.74, 6) is 0.212. The van der Waals surface area contributed by atoms with Crippen LogP contribution in [0.3, 0.4) is 0 Å². The van der Waals surface area contributed by atoms with Gasteiger partial charge < -0.3 is 4.90 Å². The number of nitrogens with zero attached hydrogens (tertiary/aromatic N) is 4. The molecule has 2 heterocycles. The van der Waals surface area contributed by atoms with E-state index in [0.29, 0.717) is 18.1 Å². The molecule has 1 unspecified atom stereocenters. The van der Waals surface area contributed by atoms with Gasteiger partial charge in [0, 0.05) is 12.6 Å². The fourth-order valence-electron chi connectivity index (χ4n) is 3.75. The van der Waals surface area contributed by atoms with Gasteiger partial charge in [0.2, 0.25) is 5.91 Å². The fourth-order valence-corrected chi connectivity index (χ4v) is 6.29. The highest BCUT2D eigenvalue weighted by atomic mass is 32.2. The summed E-state index contributed by atoms with van der Waals surface area (Å²) >= 11 is 1.31. The van der Waals surface area contributed by atoms with Crippen LogP contribution < -0.4 is 0 Å². The van der Waals surface area contributed by atoms with E-state index in [1.54, 1.807) is 11.2 Å². The van der Waals surface area contributed by atoms with E-state index in [0.717, 1.165) is 16.8 Å². The number of carbonyl (C=O) groups excluding carboxylic acids is 1. The molecule has 1 atom stereocenters. The summed E-state index contributed by atoms with van der Waals surface area (Å²) in [5.41, 5.74) is 3.02. The van der Waals surface area contributed by atoms with Gasteiger partial charge in [-0.1, -0.05) is 60.3 Å². The molecule has 162 valence electrons. The maximum Gasteiger partial charge on any atom is 0.233 e. The van der Waals surface area contributed by atoms with E-state index in [1.807, 2.05) is 66.1 Å². The predicted octanol–water partition coefficient (Wildman–Crippen LogP) is 2.88. The summed E-state index contributed by atoms with van der Waals surface area (Å²) < 4.78 is 25.9. The van der Waals surface area contributed by atoms with Crippen molar-refractivity contribution in [2.45, 2.75) is 31.1 Å². The summed E-state index contributed by atoms with van der Waals surface area (Å²) in [4.78, 5) is 14.9. The first-order chi connectivity index (χ1) is 14.9. The molecule has 31 heavy (non-hydrogen) atoms. The number of benzene rings is 2.